The van der Waals surface area contributed by atoms with Crippen LogP contribution in [-0.2, 0) is 20.5 Å². The Labute approximate surface area is 221 Å². The molecule has 4 heterocycles. The highest BCUT2D eigenvalue weighted by Crippen LogP contribution is 2.66. The molecular weight excluding hydrogens is 542 g/mol. The number of fused-ring (bicyclic) bond motifs is 7. The summed E-state index contributed by atoms with van der Waals surface area (Å²) in [5.74, 6) is -1.72. The molecule has 6 nitrogen and oxygen atoms in total. The second kappa shape index (κ2) is 7.51. The summed E-state index contributed by atoms with van der Waals surface area (Å²) in [7, 11) is 0. The van der Waals surface area contributed by atoms with Gasteiger partial charge in [0.25, 0.3) is 0 Å². The maximum Gasteiger partial charge on any atom is 0.250 e. The predicted octanol–water partition coefficient (Wildman–Crippen LogP) is 5.12. The van der Waals surface area contributed by atoms with Gasteiger partial charge in [-0.3, -0.25) is 19.3 Å². The van der Waals surface area contributed by atoms with Crippen LogP contribution in [0.4, 0.5) is 11.4 Å². The molecule has 36 heavy (non-hydrogen) atoms. The van der Waals surface area contributed by atoms with E-state index in [2.05, 4.69) is 31.5 Å². The molecule has 7 rings (SSSR count). The fraction of sp³-hybridized carbons (Fsp3) is 0.250. The first-order valence-electron chi connectivity index (χ1n) is 12.0. The third-order valence-electron chi connectivity index (χ3n) is 8.48. The Morgan fingerprint density at radius 1 is 0.944 bits per heavy atom. The quantitative estimate of drug-likeness (QED) is 0.425. The van der Waals surface area contributed by atoms with Crippen LogP contribution in [0.15, 0.2) is 71.2 Å². The van der Waals surface area contributed by atoms with E-state index in [0.717, 1.165) is 16.5 Å². The number of ketones is 1. The first-order chi connectivity index (χ1) is 17.4. The molecule has 0 bridgehead atoms. The average molecular weight is 563 g/mol. The van der Waals surface area contributed by atoms with Gasteiger partial charge in [-0.25, -0.2) is 0 Å². The van der Waals surface area contributed by atoms with E-state index in [-0.39, 0.29) is 23.6 Å². The minimum atomic E-state index is -1.36. The summed E-state index contributed by atoms with van der Waals surface area (Å²) in [6.45, 7) is 0.603. The first kappa shape index (κ1) is 22.2. The highest BCUT2D eigenvalue weighted by molar-refractivity contribution is 9.10. The molecule has 2 saturated heterocycles. The van der Waals surface area contributed by atoms with Gasteiger partial charge >= 0.3 is 0 Å². The fourth-order valence-electron chi connectivity index (χ4n) is 7.30. The van der Waals surface area contributed by atoms with Gasteiger partial charge in [-0.15, -0.1) is 0 Å². The Kier molecular flexibility index (Phi) is 4.63. The molecule has 0 saturated carbocycles. The van der Waals surface area contributed by atoms with E-state index in [0.29, 0.717) is 40.5 Å². The second-order valence-corrected chi connectivity index (χ2v) is 11.3. The molecule has 0 unspecified atom stereocenters. The molecule has 2 N–H and O–H groups in total. The highest BCUT2D eigenvalue weighted by atomic mass is 79.9. The molecule has 2 amide bonds. The van der Waals surface area contributed by atoms with Crippen molar-refractivity contribution in [2.24, 2.45) is 5.92 Å². The number of rotatable bonds is 2. The predicted molar refractivity (Wildman–Crippen MR) is 140 cm³/mol. The number of nitrogens with one attached hydrogen (secondary N) is 2. The first-order valence-corrected chi connectivity index (χ1v) is 13.2. The summed E-state index contributed by atoms with van der Waals surface area (Å²) >= 11 is 9.92. The zero-order valence-electron chi connectivity index (χ0n) is 19.1. The zero-order chi connectivity index (χ0) is 24.8. The van der Waals surface area contributed by atoms with E-state index < -0.39 is 16.9 Å². The maximum atomic E-state index is 14.7. The summed E-state index contributed by atoms with van der Waals surface area (Å²) in [4.78, 5) is 45.1. The minimum Gasteiger partial charge on any atom is -0.325 e. The molecule has 0 radical (unpaired) electrons. The Morgan fingerprint density at radius 2 is 1.67 bits per heavy atom. The largest absolute Gasteiger partial charge is 0.325 e. The number of anilines is 2. The van der Waals surface area contributed by atoms with Crippen LogP contribution in [0.3, 0.4) is 0 Å². The van der Waals surface area contributed by atoms with Crippen LogP contribution in [0.5, 0.6) is 0 Å². The van der Waals surface area contributed by atoms with Crippen molar-refractivity contribution in [3.05, 3.63) is 92.9 Å². The van der Waals surface area contributed by atoms with Crippen molar-refractivity contribution in [3.8, 4) is 0 Å². The van der Waals surface area contributed by atoms with Gasteiger partial charge in [-0.1, -0.05) is 57.9 Å². The topological polar surface area (TPSA) is 78.5 Å². The summed E-state index contributed by atoms with van der Waals surface area (Å²) in [5, 5.41) is 6.57. The third-order valence-corrected chi connectivity index (χ3v) is 9.24. The Hall–Kier alpha value is -3.00. The van der Waals surface area contributed by atoms with E-state index in [9.17, 15) is 14.4 Å². The SMILES string of the molecule is O=C(c1ccc(Br)cc1)[C@@H]1[C@@]2(C(=O)Nc3ccccc32)[C@H]2CCCN2[C@]12C(=O)Nc1ccc(Cl)cc12. The zero-order valence-corrected chi connectivity index (χ0v) is 21.4. The maximum absolute atomic E-state index is 14.7. The Balaban J connectivity index is 1.59. The number of para-hydroxylation sites is 1. The van der Waals surface area contributed by atoms with Gasteiger partial charge in [0, 0.05) is 38.0 Å². The summed E-state index contributed by atoms with van der Waals surface area (Å²) < 4.78 is 0.843. The Bertz CT molecular complexity index is 1490. The number of hydrogen-bond donors (Lipinski definition) is 2. The number of carbonyl (C=O) groups is 3. The third kappa shape index (κ3) is 2.53. The second-order valence-electron chi connectivity index (χ2n) is 9.93. The van der Waals surface area contributed by atoms with Crippen LogP contribution in [0.2, 0.25) is 5.02 Å². The molecule has 4 aliphatic heterocycles. The normalized spacial score (nSPS) is 29.8. The van der Waals surface area contributed by atoms with Gasteiger partial charge in [0.05, 0.1) is 5.92 Å². The summed E-state index contributed by atoms with van der Waals surface area (Å²) in [6.07, 6.45) is 1.53. The van der Waals surface area contributed by atoms with Crippen LogP contribution in [0.1, 0.15) is 34.3 Å². The summed E-state index contributed by atoms with van der Waals surface area (Å²) in [6, 6.07) is 19.7. The number of carbonyl (C=O) groups excluding carboxylic acids is 3. The number of benzene rings is 3. The van der Waals surface area contributed by atoms with Gasteiger partial charge in [-0.05, 0) is 61.3 Å². The van der Waals surface area contributed by atoms with Gasteiger partial charge in [0.15, 0.2) is 5.78 Å². The average Bonchev–Trinajstić information content (AvgIpc) is 3.58. The van der Waals surface area contributed by atoms with E-state index in [1.807, 2.05) is 36.4 Å². The van der Waals surface area contributed by atoms with E-state index in [1.54, 1.807) is 30.3 Å². The highest BCUT2D eigenvalue weighted by Gasteiger charge is 2.78. The van der Waals surface area contributed by atoms with E-state index in [1.165, 1.54) is 0 Å². The number of halogens is 2. The Morgan fingerprint density at radius 3 is 2.47 bits per heavy atom. The van der Waals surface area contributed by atoms with Gasteiger partial charge in [-0.2, -0.15) is 0 Å². The van der Waals surface area contributed by atoms with Gasteiger partial charge in [0.1, 0.15) is 11.0 Å². The molecule has 2 spiro atoms. The van der Waals surface area contributed by atoms with Crippen molar-refractivity contribution in [1.29, 1.82) is 0 Å². The van der Waals surface area contributed by atoms with Crippen LogP contribution in [-0.4, -0.2) is 35.1 Å². The fourth-order valence-corrected chi connectivity index (χ4v) is 7.73. The molecule has 0 aliphatic carbocycles. The van der Waals surface area contributed by atoms with Crippen molar-refractivity contribution in [1.82, 2.24) is 4.90 Å². The number of Topliss-reactive ketones (excluding diaryl/α,β-unsaturated/α-hetero) is 1. The minimum absolute atomic E-state index is 0.226. The smallest absolute Gasteiger partial charge is 0.250 e. The monoisotopic (exact) mass is 561 g/mol. The molecule has 3 aromatic rings. The molecule has 4 aliphatic rings. The van der Waals surface area contributed by atoms with Crippen LogP contribution < -0.4 is 10.6 Å². The number of hydrogen-bond acceptors (Lipinski definition) is 4. The van der Waals surface area contributed by atoms with Crippen molar-refractivity contribution >= 4 is 56.5 Å². The summed E-state index contributed by atoms with van der Waals surface area (Å²) in [5.41, 5.74) is 0.651. The number of nitrogens with zero attached hydrogens (tertiary/aromatic N) is 1. The van der Waals surface area contributed by atoms with E-state index in [4.69, 9.17) is 11.6 Å². The number of amides is 2. The van der Waals surface area contributed by atoms with E-state index >= 15 is 0 Å². The lowest BCUT2D eigenvalue weighted by Crippen LogP contribution is -2.55. The van der Waals surface area contributed by atoms with Crippen LogP contribution >= 0.6 is 27.5 Å². The molecule has 8 heteroatoms. The molecule has 180 valence electrons. The lowest BCUT2D eigenvalue weighted by molar-refractivity contribution is -0.128. The lowest BCUT2D eigenvalue weighted by Gasteiger charge is -2.38. The molecule has 3 aromatic carbocycles. The van der Waals surface area contributed by atoms with Crippen molar-refractivity contribution < 1.29 is 14.4 Å². The van der Waals surface area contributed by atoms with Crippen molar-refractivity contribution in [2.45, 2.75) is 29.8 Å². The van der Waals surface area contributed by atoms with Crippen LogP contribution in [0.25, 0.3) is 0 Å². The van der Waals surface area contributed by atoms with Crippen molar-refractivity contribution in [2.75, 3.05) is 17.2 Å². The van der Waals surface area contributed by atoms with Gasteiger partial charge < -0.3 is 10.6 Å². The van der Waals surface area contributed by atoms with Crippen molar-refractivity contribution in [3.63, 3.8) is 0 Å². The molecule has 4 atom stereocenters. The molecular formula is C28H21BrClN3O3. The van der Waals surface area contributed by atoms with Gasteiger partial charge in [0.2, 0.25) is 11.8 Å². The van der Waals surface area contributed by atoms with Crippen LogP contribution in [0, 0.1) is 5.92 Å². The molecule has 2 fully saturated rings. The molecule has 0 aromatic heterocycles. The lowest BCUT2D eigenvalue weighted by atomic mass is 9.60. The standard InChI is InChI=1S/C28H21BrClN3O3/c29-16-9-7-15(8-10-16)23(34)24-27(18-4-1-2-5-20(18)31-25(27)35)22-6-3-13-33(22)28(24)19-14-17(30)11-12-21(19)32-26(28)36/h1-2,4-5,7-12,14,22,24H,3,6,13H2,(H,31,35)(H,32,36)/t22-,24-,27+,28+/m1/s1.